The van der Waals surface area contributed by atoms with E-state index in [1.807, 2.05) is 0 Å². The number of amides is 2. The van der Waals surface area contributed by atoms with Crippen molar-refractivity contribution in [3.63, 3.8) is 0 Å². The number of esters is 1. The van der Waals surface area contributed by atoms with Crippen molar-refractivity contribution >= 4 is 23.5 Å². The first-order chi connectivity index (χ1) is 14.8. The van der Waals surface area contributed by atoms with Crippen LogP contribution in [-0.4, -0.2) is 23.8 Å². The van der Waals surface area contributed by atoms with Crippen LogP contribution in [0.25, 0.3) is 0 Å². The van der Waals surface area contributed by atoms with Crippen molar-refractivity contribution in [3.05, 3.63) is 65.7 Å². The molecule has 0 aliphatic heterocycles. The minimum absolute atomic E-state index is 0.101. The van der Waals surface area contributed by atoms with Gasteiger partial charge in [0.1, 0.15) is 6.04 Å². The van der Waals surface area contributed by atoms with Crippen LogP contribution in [0.4, 0.5) is 18.9 Å². The molecule has 6 nitrogen and oxygen atoms in total. The van der Waals surface area contributed by atoms with Gasteiger partial charge in [0.2, 0.25) is 12.0 Å². The number of alkyl halides is 3. The van der Waals surface area contributed by atoms with E-state index in [0.717, 1.165) is 18.2 Å². The molecule has 2 aromatic carbocycles. The van der Waals surface area contributed by atoms with Crippen LogP contribution in [0.1, 0.15) is 44.9 Å². The Balaban J connectivity index is 2.22. The lowest BCUT2D eigenvalue weighted by Gasteiger charge is -2.23. The van der Waals surface area contributed by atoms with Gasteiger partial charge in [-0.25, -0.2) is 4.79 Å². The summed E-state index contributed by atoms with van der Waals surface area (Å²) >= 11 is 0. The quantitative estimate of drug-likeness (QED) is 0.636. The molecule has 2 aromatic rings. The maximum absolute atomic E-state index is 13.0. The highest BCUT2D eigenvalue weighted by Gasteiger charge is 2.32. The molecule has 0 aromatic heterocycles. The SMILES string of the molecule is C[C@@H](NC(=O)C(C)(C)C)C(=O)O[C@@H](C(=O)Nc1cccc(C(F)(F)F)c1)c1ccccc1. The second-order valence-corrected chi connectivity index (χ2v) is 8.24. The van der Waals surface area contributed by atoms with Crippen molar-refractivity contribution in [2.45, 2.75) is 46.0 Å². The van der Waals surface area contributed by atoms with Crippen LogP contribution in [0, 0.1) is 5.41 Å². The fourth-order valence-electron chi connectivity index (χ4n) is 2.57. The number of rotatable bonds is 6. The lowest BCUT2D eigenvalue weighted by Crippen LogP contribution is -2.45. The molecule has 0 bridgehead atoms. The predicted molar refractivity (Wildman–Crippen MR) is 112 cm³/mol. The van der Waals surface area contributed by atoms with Crippen LogP contribution < -0.4 is 10.6 Å². The van der Waals surface area contributed by atoms with Crippen LogP contribution in [0.15, 0.2) is 54.6 Å². The van der Waals surface area contributed by atoms with E-state index in [1.165, 1.54) is 13.0 Å². The van der Waals surface area contributed by atoms with Crippen LogP contribution in [0.2, 0.25) is 0 Å². The minimum atomic E-state index is -4.58. The van der Waals surface area contributed by atoms with Crippen molar-refractivity contribution in [2.24, 2.45) is 5.41 Å². The third-order valence-corrected chi connectivity index (χ3v) is 4.41. The Kier molecular flexibility index (Phi) is 7.66. The Morgan fingerprint density at radius 2 is 1.56 bits per heavy atom. The van der Waals surface area contributed by atoms with Gasteiger partial charge < -0.3 is 15.4 Å². The molecular formula is C23H25F3N2O4. The van der Waals surface area contributed by atoms with E-state index in [2.05, 4.69) is 10.6 Å². The topological polar surface area (TPSA) is 84.5 Å². The Morgan fingerprint density at radius 1 is 0.938 bits per heavy atom. The van der Waals surface area contributed by atoms with Gasteiger partial charge in [0.25, 0.3) is 5.91 Å². The largest absolute Gasteiger partial charge is 0.446 e. The first-order valence-electron chi connectivity index (χ1n) is 9.83. The maximum Gasteiger partial charge on any atom is 0.416 e. The van der Waals surface area contributed by atoms with Gasteiger partial charge in [-0.05, 0) is 25.1 Å². The van der Waals surface area contributed by atoms with Crippen molar-refractivity contribution in [1.29, 1.82) is 0 Å². The molecule has 0 fully saturated rings. The molecule has 0 aliphatic rings. The average Bonchev–Trinajstić information content (AvgIpc) is 2.71. The Bertz CT molecular complexity index is 969. The Labute approximate surface area is 184 Å². The number of halogens is 3. The smallest absolute Gasteiger partial charge is 0.416 e. The maximum atomic E-state index is 13.0. The lowest BCUT2D eigenvalue weighted by atomic mass is 9.95. The van der Waals surface area contributed by atoms with Gasteiger partial charge in [0, 0.05) is 16.7 Å². The van der Waals surface area contributed by atoms with Gasteiger partial charge in [0.15, 0.2) is 0 Å². The van der Waals surface area contributed by atoms with Gasteiger partial charge in [-0.2, -0.15) is 13.2 Å². The minimum Gasteiger partial charge on any atom is -0.446 e. The number of nitrogens with one attached hydrogen (secondary N) is 2. The van der Waals surface area contributed by atoms with E-state index in [1.54, 1.807) is 51.1 Å². The van der Waals surface area contributed by atoms with Crippen molar-refractivity contribution < 1.29 is 32.3 Å². The fourth-order valence-corrected chi connectivity index (χ4v) is 2.57. The molecule has 2 rings (SSSR count). The molecule has 0 aliphatic carbocycles. The predicted octanol–water partition coefficient (Wildman–Crippen LogP) is 4.48. The Hall–Kier alpha value is -3.36. The van der Waals surface area contributed by atoms with E-state index >= 15 is 0 Å². The van der Waals surface area contributed by atoms with Gasteiger partial charge >= 0.3 is 12.1 Å². The summed E-state index contributed by atoms with van der Waals surface area (Å²) in [6.07, 6.45) is -6.01. The zero-order valence-corrected chi connectivity index (χ0v) is 18.1. The zero-order chi connectivity index (χ0) is 24.1. The summed E-state index contributed by atoms with van der Waals surface area (Å²) < 4.78 is 44.2. The summed E-state index contributed by atoms with van der Waals surface area (Å²) in [6, 6.07) is 11.1. The molecule has 172 valence electrons. The molecule has 9 heteroatoms. The summed E-state index contributed by atoms with van der Waals surface area (Å²) in [6.45, 7) is 6.44. The molecule has 0 unspecified atom stereocenters. The standard InChI is InChI=1S/C23H25F3N2O4/c1-14(27-21(31)22(2,3)4)20(30)32-18(15-9-6-5-7-10-15)19(29)28-17-12-8-11-16(13-17)23(24,25)26/h5-14,18H,1-4H3,(H,27,31)(H,28,29)/t14-,18-/m1/s1. The highest BCUT2D eigenvalue weighted by Crippen LogP contribution is 2.31. The van der Waals surface area contributed by atoms with Gasteiger partial charge in [-0.1, -0.05) is 57.2 Å². The van der Waals surface area contributed by atoms with Crippen molar-refractivity contribution in [2.75, 3.05) is 5.32 Å². The van der Waals surface area contributed by atoms with E-state index in [0.29, 0.717) is 5.56 Å². The highest BCUT2D eigenvalue weighted by molar-refractivity contribution is 5.96. The summed E-state index contributed by atoms with van der Waals surface area (Å²) in [4.78, 5) is 37.6. The molecule has 0 heterocycles. The first kappa shape index (κ1) is 24.9. The van der Waals surface area contributed by atoms with E-state index < -0.39 is 41.2 Å². The number of carbonyl (C=O) groups is 3. The number of anilines is 1. The molecular weight excluding hydrogens is 425 g/mol. The van der Waals surface area contributed by atoms with Gasteiger partial charge in [-0.3, -0.25) is 9.59 Å². The summed E-state index contributed by atoms with van der Waals surface area (Å²) in [5, 5.41) is 4.88. The number of hydrogen-bond donors (Lipinski definition) is 2. The van der Waals surface area contributed by atoms with Crippen LogP contribution in [0.3, 0.4) is 0 Å². The highest BCUT2D eigenvalue weighted by atomic mass is 19.4. The number of benzene rings is 2. The summed E-state index contributed by atoms with van der Waals surface area (Å²) in [5.74, 6) is -2.08. The Morgan fingerprint density at radius 3 is 2.12 bits per heavy atom. The fraction of sp³-hybridized carbons (Fsp3) is 0.348. The van der Waals surface area contributed by atoms with Crippen molar-refractivity contribution in [3.8, 4) is 0 Å². The monoisotopic (exact) mass is 450 g/mol. The van der Waals surface area contributed by atoms with Crippen LogP contribution in [-0.2, 0) is 25.3 Å². The van der Waals surface area contributed by atoms with Crippen LogP contribution >= 0.6 is 0 Å². The summed E-state index contributed by atoms with van der Waals surface area (Å²) in [7, 11) is 0. The molecule has 2 amide bonds. The normalized spacial score (nSPS) is 13.6. The molecule has 0 radical (unpaired) electrons. The molecule has 0 spiro atoms. The number of ether oxygens (including phenoxy) is 1. The van der Waals surface area contributed by atoms with Crippen molar-refractivity contribution in [1.82, 2.24) is 5.32 Å². The third kappa shape index (κ3) is 6.83. The van der Waals surface area contributed by atoms with E-state index in [-0.39, 0.29) is 11.6 Å². The van der Waals surface area contributed by atoms with Gasteiger partial charge in [0.05, 0.1) is 5.56 Å². The second kappa shape index (κ2) is 9.84. The average molecular weight is 450 g/mol. The zero-order valence-electron chi connectivity index (χ0n) is 18.1. The molecule has 32 heavy (non-hydrogen) atoms. The number of carbonyl (C=O) groups excluding carboxylic acids is 3. The molecule has 2 atom stereocenters. The molecule has 0 saturated heterocycles. The first-order valence-corrected chi connectivity index (χ1v) is 9.83. The second-order valence-electron chi connectivity index (χ2n) is 8.24. The lowest BCUT2D eigenvalue weighted by molar-refractivity contribution is -0.157. The van der Waals surface area contributed by atoms with E-state index in [4.69, 9.17) is 4.74 Å². The number of hydrogen-bond acceptors (Lipinski definition) is 4. The van der Waals surface area contributed by atoms with Gasteiger partial charge in [-0.15, -0.1) is 0 Å². The molecule has 2 N–H and O–H groups in total. The molecule has 0 saturated carbocycles. The van der Waals surface area contributed by atoms with E-state index in [9.17, 15) is 27.6 Å². The third-order valence-electron chi connectivity index (χ3n) is 4.41. The summed E-state index contributed by atoms with van der Waals surface area (Å²) in [5.41, 5.74) is -1.45. The van der Waals surface area contributed by atoms with Crippen LogP contribution in [0.5, 0.6) is 0 Å².